The van der Waals surface area contributed by atoms with Crippen LogP contribution in [-0.4, -0.2) is 56.9 Å². The maximum atomic E-state index is 6.09. The van der Waals surface area contributed by atoms with Crippen molar-refractivity contribution in [3.8, 4) is 17.4 Å². The monoisotopic (exact) mass is 391 g/mol. The fraction of sp³-hybridized carbons (Fsp3) is 0.450. The lowest BCUT2D eigenvalue weighted by Crippen LogP contribution is -2.51. The molecule has 3 rings (SSSR count). The largest absolute Gasteiger partial charge is 0.493 e. The highest BCUT2D eigenvalue weighted by Crippen LogP contribution is 2.29. The second kappa shape index (κ2) is 8.67. The van der Waals surface area contributed by atoms with E-state index in [1.54, 1.807) is 21.3 Å². The van der Waals surface area contributed by atoms with Crippen molar-refractivity contribution in [3.63, 3.8) is 0 Å². The second-order valence-corrected chi connectivity index (χ2v) is 7.02. The minimum absolute atomic E-state index is 0.385. The summed E-state index contributed by atoms with van der Waals surface area (Å²) in [6.07, 6.45) is 0. The number of methoxy groups -OCH3 is 3. The van der Waals surface area contributed by atoms with Crippen molar-refractivity contribution in [1.29, 1.82) is 0 Å². The van der Waals surface area contributed by atoms with E-state index in [0.717, 1.165) is 43.5 Å². The first-order valence-electron chi connectivity index (χ1n) is 8.96. The number of anilines is 1. The molecular weight excluding hydrogens is 366 g/mol. The van der Waals surface area contributed by atoms with E-state index in [9.17, 15) is 0 Å². The molecule has 1 fully saturated rings. The van der Waals surface area contributed by atoms with Gasteiger partial charge in [0.05, 0.1) is 21.3 Å². The smallest absolute Gasteiger partial charge is 0.234 e. The molecule has 7 heteroatoms. The number of ether oxygens (including phenoxy) is 3. The van der Waals surface area contributed by atoms with E-state index < -0.39 is 0 Å². The molecule has 2 heterocycles. The Hall–Kier alpha value is -2.18. The molecule has 0 amide bonds. The zero-order chi connectivity index (χ0) is 19.4. The fourth-order valence-corrected chi connectivity index (χ4v) is 3.57. The van der Waals surface area contributed by atoms with Crippen LogP contribution in [0.3, 0.4) is 0 Å². The van der Waals surface area contributed by atoms with Crippen LogP contribution in [0.25, 0.3) is 0 Å². The number of pyridine rings is 1. The molecule has 0 radical (unpaired) electrons. The molecule has 1 aliphatic heterocycles. The fourth-order valence-electron chi connectivity index (χ4n) is 3.38. The van der Waals surface area contributed by atoms with Crippen molar-refractivity contribution < 1.29 is 14.2 Å². The van der Waals surface area contributed by atoms with E-state index in [1.165, 1.54) is 5.56 Å². The molecule has 0 aliphatic carbocycles. The summed E-state index contributed by atoms with van der Waals surface area (Å²) >= 11 is 6.09. The van der Waals surface area contributed by atoms with E-state index in [1.807, 2.05) is 24.3 Å². The van der Waals surface area contributed by atoms with Crippen LogP contribution in [0.15, 0.2) is 30.3 Å². The summed E-state index contributed by atoms with van der Waals surface area (Å²) in [5.74, 6) is 2.88. The van der Waals surface area contributed by atoms with E-state index in [-0.39, 0.29) is 0 Å². The molecule has 2 aromatic rings. The van der Waals surface area contributed by atoms with Crippen molar-refractivity contribution in [1.82, 2.24) is 9.88 Å². The van der Waals surface area contributed by atoms with Gasteiger partial charge in [-0.15, -0.1) is 0 Å². The maximum absolute atomic E-state index is 6.09. The molecular formula is C20H26ClN3O3. The van der Waals surface area contributed by atoms with Crippen LogP contribution in [-0.2, 0) is 6.54 Å². The predicted molar refractivity (Wildman–Crippen MR) is 107 cm³/mol. The highest BCUT2D eigenvalue weighted by atomic mass is 35.5. The molecule has 6 nitrogen and oxygen atoms in total. The standard InChI is InChI=1S/C20H26ClN3O3/c1-14-12-24(19-8-6-16(21)20(22-19)27-4)10-9-23(14)13-15-5-7-17(25-2)18(11-15)26-3/h5-8,11,14H,9-10,12-13H2,1-4H3/t14-/m0/s1. The number of rotatable bonds is 6. The number of aromatic nitrogens is 1. The quantitative estimate of drug-likeness (QED) is 0.751. The van der Waals surface area contributed by atoms with Crippen LogP contribution >= 0.6 is 11.6 Å². The molecule has 1 aliphatic rings. The Kier molecular flexibility index (Phi) is 6.29. The second-order valence-electron chi connectivity index (χ2n) is 6.62. The first kappa shape index (κ1) is 19.6. The van der Waals surface area contributed by atoms with E-state index in [0.29, 0.717) is 16.9 Å². The Morgan fingerprint density at radius 2 is 1.81 bits per heavy atom. The molecule has 0 saturated carbocycles. The van der Waals surface area contributed by atoms with Gasteiger partial charge in [-0.1, -0.05) is 17.7 Å². The van der Waals surface area contributed by atoms with Crippen molar-refractivity contribution >= 4 is 17.4 Å². The van der Waals surface area contributed by atoms with Gasteiger partial charge in [-0.3, -0.25) is 4.90 Å². The minimum atomic E-state index is 0.385. The first-order valence-corrected chi connectivity index (χ1v) is 9.34. The van der Waals surface area contributed by atoms with Gasteiger partial charge in [0, 0.05) is 32.2 Å². The van der Waals surface area contributed by atoms with Gasteiger partial charge >= 0.3 is 0 Å². The summed E-state index contributed by atoms with van der Waals surface area (Å²) in [5.41, 5.74) is 1.21. The molecule has 0 N–H and O–H groups in total. The average Bonchev–Trinajstić information content (AvgIpc) is 2.69. The highest BCUT2D eigenvalue weighted by Gasteiger charge is 2.25. The Labute approximate surface area is 165 Å². The summed E-state index contributed by atoms with van der Waals surface area (Å²) in [7, 11) is 4.90. The topological polar surface area (TPSA) is 47.1 Å². The molecule has 1 aromatic heterocycles. The summed E-state index contributed by atoms with van der Waals surface area (Å²) in [4.78, 5) is 9.26. The lowest BCUT2D eigenvalue weighted by Gasteiger charge is -2.40. The average molecular weight is 392 g/mol. The van der Waals surface area contributed by atoms with Crippen LogP contribution in [0.4, 0.5) is 5.82 Å². The normalized spacial score (nSPS) is 17.7. The molecule has 146 valence electrons. The number of benzene rings is 1. The molecule has 1 atom stereocenters. The number of halogens is 1. The third kappa shape index (κ3) is 4.39. The summed E-state index contributed by atoms with van der Waals surface area (Å²) < 4.78 is 16.0. The third-order valence-corrected chi connectivity index (χ3v) is 5.20. The van der Waals surface area contributed by atoms with Crippen molar-refractivity contribution in [2.75, 3.05) is 45.9 Å². The van der Waals surface area contributed by atoms with E-state index in [2.05, 4.69) is 27.8 Å². The Morgan fingerprint density at radius 3 is 2.48 bits per heavy atom. The Bertz CT molecular complexity index is 787. The van der Waals surface area contributed by atoms with Crippen LogP contribution in [0.1, 0.15) is 12.5 Å². The molecule has 27 heavy (non-hydrogen) atoms. The lowest BCUT2D eigenvalue weighted by atomic mass is 10.1. The molecule has 0 unspecified atom stereocenters. The maximum Gasteiger partial charge on any atom is 0.234 e. The predicted octanol–water partition coefficient (Wildman–Crippen LogP) is 3.47. The molecule has 0 spiro atoms. The highest BCUT2D eigenvalue weighted by molar-refractivity contribution is 6.31. The van der Waals surface area contributed by atoms with Gasteiger partial charge in [0.15, 0.2) is 11.5 Å². The Morgan fingerprint density at radius 1 is 1.04 bits per heavy atom. The molecule has 0 bridgehead atoms. The number of piperazine rings is 1. The van der Waals surface area contributed by atoms with Gasteiger partial charge in [-0.05, 0) is 36.8 Å². The zero-order valence-corrected chi connectivity index (χ0v) is 17.0. The molecule has 1 aromatic carbocycles. The van der Waals surface area contributed by atoms with Gasteiger partial charge < -0.3 is 19.1 Å². The van der Waals surface area contributed by atoms with E-state index in [4.69, 9.17) is 25.8 Å². The zero-order valence-electron chi connectivity index (χ0n) is 16.2. The first-order chi connectivity index (χ1) is 13.0. The van der Waals surface area contributed by atoms with Gasteiger partial charge in [-0.25, -0.2) is 0 Å². The van der Waals surface area contributed by atoms with Crippen molar-refractivity contribution in [2.45, 2.75) is 19.5 Å². The summed E-state index contributed by atoms with van der Waals surface area (Å²) in [6.45, 7) is 5.84. The third-order valence-electron chi connectivity index (χ3n) is 4.92. The number of hydrogen-bond donors (Lipinski definition) is 0. The van der Waals surface area contributed by atoms with Gasteiger partial charge in [0.1, 0.15) is 10.8 Å². The lowest BCUT2D eigenvalue weighted by molar-refractivity contribution is 0.180. The van der Waals surface area contributed by atoms with Crippen LogP contribution in [0, 0.1) is 0 Å². The minimum Gasteiger partial charge on any atom is -0.493 e. The number of nitrogens with zero attached hydrogens (tertiary/aromatic N) is 3. The van der Waals surface area contributed by atoms with Crippen molar-refractivity contribution in [2.24, 2.45) is 0 Å². The van der Waals surface area contributed by atoms with E-state index >= 15 is 0 Å². The summed E-state index contributed by atoms with van der Waals surface area (Å²) in [6, 6.07) is 10.3. The van der Waals surface area contributed by atoms with Crippen molar-refractivity contribution in [3.05, 3.63) is 40.9 Å². The van der Waals surface area contributed by atoms with Crippen LogP contribution < -0.4 is 19.1 Å². The van der Waals surface area contributed by atoms with Gasteiger partial charge in [0.2, 0.25) is 5.88 Å². The Balaban J connectivity index is 1.67. The molecule has 1 saturated heterocycles. The SMILES string of the molecule is COc1ccc(CN2CCN(c3ccc(Cl)c(OC)n3)C[C@@H]2C)cc1OC. The van der Waals surface area contributed by atoms with Gasteiger partial charge in [0.25, 0.3) is 0 Å². The van der Waals surface area contributed by atoms with Crippen LogP contribution in [0.2, 0.25) is 5.02 Å². The summed E-state index contributed by atoms with van der Waals surface area (Å²) in [5, 5.41) is 0.529. The van der Waals surface area contributed by atoms with Crippen LogP contribution in [0.5, 0.6) is 17.4 Å². The van der Waals surface area contributed by atoms with Gasteiger partial charge in [-0.2, -0.15) is 4.98 Å². The number of hydrogen-bond acceptors (Lipinski definition) is 6.